The molecule has 4 nitrogen and oxygen atoms in total. The van der Waals surface area contributed by atoms with Crippen LogP contribution in [0.25, 0.3) is 0 Å². The molecule has 0 saturated carbocycles. The molecule has 21 heavy (non-hydrogen) atoms. The number of rotatable bonds is 4. The van der Waals surface area contributed by atoms with Crippen LogP contribution in [0.2, 0.25) is 5.02 Å². The number of halogens is 1. The summed E-state index contributed by atoms with van der Waals surface area (Å²) in [4.78, 5) is 23.1. The Labute approximate surface area is 129 Å². The number of amides is 1. The number of carbonyl (C=O) groups excluding carboxylic acids is 2. The topological polar surface area (TPSA) is 58.2 Å². The van der Waals surface area contributed by atoms with Gasteiger partial charge in [-0.3, -0.25) is 9.59 Å². The quantitative estimate of drug-likeness (QED) is 0.884. The Morgan fingerprint density at radius 2 is 2.14 bits per heavy atom. The minimum absolute atomic E-state index is 0.0882. The fourth-order valence-electron chi connectivity index (χ4n) is 2.31. The first-order valence-corrected chi connectivity index (χ1v) is 7.45. The van der Waals surface area contributed by atoms with Crippen molar-refractivity contribution in [2.24, 2.45) is 5.92 Å². The smallest absolute Gasteiger partial charge is 0.224 e. The van der Waals surface area contributed by atoms with Crippen LogP contribution < -0.4 is 10.6 Å². The van der Waals surface area contributed by atoms with Crippen LogP contribution in [0.15, 0.2) is 30.0 Å². The van der Waals surface area contributed by atoms with E-state index in [9.17, 15) is 9.59 Å². The molecule has 1 aliphatic carbocycles. The van der Waals surface area contributed by atoms with Crippen molar-refractivity contribution in [3.63, 3.8) is 0 Å². The van der Waals surface area contributed by atoms with Crippen molar-refractivity contribution < 1.29 is 9.59 Å². The summed E-state index contributed by atoms with van der Waals surface area (Å²) in [6, 6.07) is 5.33. The Hall–Kier alpha value is -1.81. The molecule has 1 aromatic rings. The molecule has 0 bridgehead atoms. The Balaban J connectivity index is 2.15. The second-order valence-electron chi connectivity index (χ2n) is 5.37. The molecule has 0 radical (unpaired) electrons. The monoisotopic (exact) mass is 306 g/mol. The van der Waals surface area contributed by atoms with Gasteiger partial charge in [-0.05, 0) is 30.5 Å². The van der Waals surface area contributed by atoms with Gasteiger partial charge in [0.25, 0.3) is 0 Å². The van der Waals surface area contributed by atoms with E-state index in [1.54, 1.807) is 25.1 Å². The van der Waals surface area contributed by atoms with E-state index in [0.717, 1.165) is 17.8 Å². The number of ketones is 1. The van der Waals surface area contributed by atoms with Gasteiger partial charge in [0.05, 0.1) is 10.7 Å². The number of hydrogen-bond acceptors (Lipinski definition) is 3. The van der Waals surface area contributed by atoms with Crippen LogP contribution >= 0.6 is 11.6 Å². The molecule has 1 atom stereocenters. The van der Waals surface area contributed by atoms with Gasteiger partial charge in [0.1, 0.15) is 0 Å². The van der Waals surface area contributed by atoms with Crippen LogP contribution in [0.1, 0.15) is 33.1 Å². The van der Waals surface area contributed by atoms with Crippen LogP contribution in [0.5, 0.6) is 0 Å². The normalized spacial score (nSPS) is 18.1. The summed E-state index contributed by atoms with van der Waals surface area (Å²) in [6.07, 6.45) is 3.48. The van der Waals surface area contributed by atoms with E-state index in [-0.39, 0.29) is 11.7 Å². The van der Waals surface area contributed by atoms with Gasteiger partial charge in [-0.15, -0.1) is 0 Å². The van der Waals surface area contributed by atoms with Crippen molar-refractivity contribution in [3.05, 3.63) is 35.0 Å². The summed E-state index contributed by atoms with van der Waals surface area (Å²) in [7, 11) is 0. The predicted octanol–water partition coefficient (Wildman–Crippen LogP) is 3.98. The lowest BCUT2D eigenvalue weighted by atomic mass is 9.93. The lowest BCUT2D eigenvalue weighted by molar-refractivity contribution is -0.116. The molecule has 0 aliphatic heterocycles. The summed E-state index contributed by atoms with van der Waals surface area (Å²) < 4.78 is 0. The van der Waals surface area contributed by atoms with Crippen LogP contribution in [0, 0.1) is 5.92 Å². The van der Waals surface area contributed by atoms with E-state index < -0.39 is 0 Å². The fourth-order valence-corrected chi connectivity index (χ4v) is 2.48. The Bertz CT molecular complexity index is 596. The highest BCUT2D eigenvalue weighted by atomic mass is 35.5. The number of benzene rings is 1. The first-order valence-electron chi connectivity index (χ1n) is 7.07. The maximum absolute atomic E-state index is 11.6. The lowest BCUT2D eigenvalue weighted by Gasteiger charge is -2.20. The minimum atomic E-state index is -0.0882. The van der Waals surface area contributed by atoms with Crippen molar-refractivity contribution in [3.8, 4) is 0 Å². The molecule has 0 unspecified atom stereocenters. The highest BCUT2D eigenvalue weighted by Crippen LogP contribution is 2.28. The van der Waals surface area contributed by atoms with E-state index >= 15 is 0 Å². The van der Waals surface area contributed by atoms with Gasteiger partial charge in [-0.2, -0.15) is 0 Å². The van der Waals surface area contributed by atoms with E-state index in [1.165, 1.54) is 0 Å². The highest BCUT2D eigenvalue weighted by molar-refractivity contribution is 6.33. The van der Waals surface area contributed by atoms with E-state index in [1.807, 2.05) is 6.07 Å². The molecular weight excluding hydrogens is 288 g/mol. The molecule has 5 heteroatoms. The van der Waals surface area contributed by atoms with Crippen LogP contribution in [0.4, 0.5) is 11.4 Å². The van der Waals surface area contributed by atoms with Crippen molar-refractivity contribution in [2.75, 3.05) is 10.6 Å². The van der Waals surface area contributed by atoms with Gasteiger partial charge in [0.15, 0.2) is 5.78 Å². The predicted molar refractivity (Wildman–Crippen MR) is 85.5 cm³/mol. The molecular formula is C16H19ClN2O2. The SMILES string of the molecule is CCC(=O)Nc1cc(NC2=CC(=O)C[C@H](C)C2)ccc1Cl. The van der Waals surface area contributed by atoms with E-state index in [4.69, 9.17) is 11.6 Å². The number of allylic oxidation sites excluding steroid dienone is 2. The average molecular weight is 307 g/mol. The second kappa shape index (κ2) is 6.76. The largest absolute Gasteiger partial charge is 0.359 e. The number of nitrogens with one attached hydrogen (secondary N) is 2. The molecule has 1 amide bonds. The van der Waals surface area contributed by atoms with Gasteiger partial charge in [0, 0.05) is 30.3 Å². The molecule has 0 spiro atoms. The van der Waals surface area contributed by atoms with Gasteiger partial charge in [0.2, 0.25) is 5.91 Å². The van der Waals surface area contributed by atoms with Gasteiger partial charge >= 0.3 is 0 Å². The third-order valence-corrected chi connectivity index (χ3v) is 3.65. The standard InChI is InChI=1S/C16H19ClN2O2/c1-3-16(21)19-15-9-11(4-5-14(15)17)18-12-6-10(2)7-13(20)8-12/h4-5,8-10,18H,3,6-7H2,1-2H3,(H,19,21)/t10-/m1/s1. The minimum Gasteiger partial charge on any atom is -0.359 e. The van der Waals surface area contributed by atoms with Gasteiger partial charge in [-0.25, -0.2) is 0 Å². The maximum Gasteiger partial charge on any atom is 0.224 e. The lowest BCUT2D eigenvalue weighted by Crippen LogP contribution is -2.16. The molecule has 2 N–H and O–H groups in total. The summed E-state index contributed by atoms with van der Waals surface area (Å²) in [5, 5.41) is 6.48. The molecule has 0 heterocycles. The van der Waals surface area contributed by atoms with E-state index in [0.29, 0.717) is 29.5 Å². The zero-order valence-electron chi connectivity index (χ0n) is 12.2. The van der Waals surface area contributed by atoms with Crippen molar-refractivity contribution in [2.45, 2.75) is 33.1 Å². The zero-order valence-corrected chi connectivity index (χ0v) is 13.0. The molecule has 1 aliphatic rings. The number of carbonyl (C=O) groups is 2. The summed E-state index contributed by atoms with van der Waals surface area (Å²) in [5.74, 6) is 0.399. The molecule has 0 fully saturated rings. The molecule has 0 saturated heterocycles. The maximum atomic E-state index is 11.6. The summed E-state index contributed by atoms with van der Waals surface area (Å²) in [6.45, 7) is 3.84. The Kier molecular flexibility index (Phi) is 5.02. The first-order chi connectivity index (χ1) is 9.97. The third-order valence-electron chi connectivity index (χ3n) is 3.32. The third kappa shape index (κ3) is 4.33. The molecule has 2 rings (SSSR count). The van der Waals surface area contributed by atoms with Crippen molar-refractivity contribution >= 4 is 34.7 Å². The Morgan fingerprint density at radius 1 is 1.38 bits per heavy atom. The zero-order chi connectivity index (χ0) is 15.4. The highest BCUT2D eigenvalue weighted by Gasteiger charge is 2.17. The summed E-state index contributed by atoms with van der Waals surface area (Å²) in [5.41, 5.74) is 2.28. The Morgan fingerprint density at radius 3 is 2.81 bits per heavy atom. The molecule has 112 valence electrons. The number of hydrogen-bond donors (Lipinski definition) is 2. The molecule has 1 aromatic carbocycles. The number of anilines is 2. The van der Waals surface area contributed by atoms with Gasteiger partial charge < -0.3 is 10.6 Å². The second-order valence-corrected chi connectivity index (χ2v) is 5.78. The summed E-state index contributed by atoms with van der Waals surface area (Å²) >= 11 is 6.08. The first kappa shape index (κ1) is 15.6. The van der Waals surface area contributed by atoms with Gasteiger partial charge in [-0.1, -0.05) is 25.4 Å². The molecule has 0 aromatic heterocycles. The fraction of sp³-hybridized carbons (Fsp3) is 0.375. The van der Waals surface area contributed by atoms with Crippen molar-refractivity contribution in [1.29, 1.82) is 0 Å². The van der Waals surface area contributed by atoms with Crippen LogP contribution in [-0.2, 0) is 9.59 Å². The average Bonchev–Trinajstić information content (AvgIpc) is 2.41. The van der Waals surface area contributed by atoms with Crippen LogP contribution in [0.3, 0.4) is 0 Å². The van der Waals surface area contributed by atoms with E-state index in [2.05, 4.69) is 17.6 Å². The van der Waals surface area contributed by atoms with Crippen molar-refractivity contribution in [1.82, 2.24) is 0 Å². The van der Waals surface area contributed by atoms with Crippen LogP contribution in [-0.4, -0.2) is 11.7 Å².